The van der Waals surface area contributed by atoms with Gasteiger partial charge < -0.3 is 0 Å². The molecule has 5 nitrogen and oxygen atoms in total. The van der Waals surface area contributed by atoms with Gasteiger partial charge in [0.1, 0.15) is 5.02 Å². The Morgan fingerprint density at radius 3 is 2.32 bits per heavy atom. The van der Waals surface area contributed by atoms with Crippen LogP contribution in [0.5, 0.6) is 0 Å². The van der Waals surface area contributed by atoms with E-state index >= 15 is 0 Å². The average Bonchev–Trinajstić information content (AvgIpc) is 2.28. The Morgan fingerprint density at radius 2 is 1.89 bits per heavy atom. The van der Waals surface area contributed by atoms with Crippen molar-refractivity contribution in [3.05, 3.63) is 33.3 Å². The minimum atomic E-state index is -5.51. The third-order valence-electron chi connectivity index (χ3n) is 2.04. The lowest BCUT2D eigenvalue weighted by Gasteiger charge is -2.16. The molecule has 0 amide bonds. The predicted octanol–water partition coefficient (Wildman–Crippen LogP) is 3.15. The highest BCUT2D eigenvalue weighted by atomic mass is 35.5. The Balaban J connectivity index is 3.47. The van der Waals surface area contributed by atoms with Crippen LogP contribution in [0.3, 0.4) is 0 Å². The molecular formula is C8H4Cl2F3NO4S. The van der Waals surface area contributed by atoms with Crippen molar-refractivity contribution in [1.82, 2.24) is 0 Å². The molecule has 1 aromatic rings. The largest absolute Gasteiger partial charge is 0.393 e. The van der Waals surface area contributed by atoms with Crippen molar-refractivity contribution in [2.24, 2.45) is 0 Å². The van der Waals surface area contributed by atoms with Gasteiger partial charge in [-0.2, -0.15) is 8.78 Å². The lowest BCUT2D eigenvalue weighted by Crippen LogP contribution is -2.35. The topological polar surface area (TPSA) is 77.3 Å². The maximum atomic E-state index is 13.1. The Morgan fingerprint density at radius 1 is 1.37 bits per heavy atom. The van der Waals surface area contributed by atoms with Crippen LogP contribution >= 0.6 is 23.2 Å². The number of nitro groups is 1. The Hall–Kier alpha value is -1.06. The second-order valence-electron chi connectivity index (χ2n) is 3.24. The normalized spacial score (nSPS) is 14.2. The molecule has 1 unspecified atom stereocenters. The van der Waals surface area contributed by atoms with Gasteiger partial charge in [0.25, 0.3) is 11.3 Å². The molecule has 0 aliphatic rings. The van der Waals surface area contributed by atoms with E-state index in [0.29, 0.717) is 12.1 Å². The van der Waals surface area contributed by atoms with Gasteiger partial charge in [-0.15, -0.1) is 0 Å². The standard InChI is InChI=1S/C8H4Cl2F3NO4S/c9-5-2-1-4(3-6(5)14(15)16)19(17,18)8(12,13)7(10)11/h1-3,7H. The zero-order chi connectivity index (χ0) is 15.0. The number of rotatable bonds is 4. The van der Waals surface area contributed by atoms with Crippen LogP contribution in [0.2, 0.25) is 5.02 Å². The van der Waals surface area contributed by atoms with E-state index in [1.165, 1.54) is 0 Å². The monoisotopic (exact) mass is 337 g/mol. The SMILES string of the molecule is O=[N+]([O-])c1cc(S(=O)(=O)C(F)(F)C(F)Cl)ccc1Cl. The van der Waals surface area contributed by atoms with E-state index in [1.54, 1.807) is 0 Å². The van der Waals surface area contributed by atoms with E-state index in [4.69, 9.17) is 11.6 Å². The summed E-state index contributed by atoms with van der Waals surface area (Å²) in [7, 11) is -5.51. The molecule has 11 heteroatoms. The number of sulfone groups is 1. The molecule has 1 aromatic carbocycles. The molecule has 1 rings (SSSR count). The van der Waals surface area contributed by atoms with Gasteiger partial charge in [-0.3, -0.25) is 10.1 Å². The molecule has 0 heterocycles. The van der Waals surface area contributed by atoms with Crippen molar-refractivity contribution >= 4 is 38.7 Å². The zero-order valence-electron chi connectivity index (χ0n) is 8.69. The number of alkyl halides is 4. The van der Waals surface area contributed by atoms with Crippen molar-refractivity contribution in [1.29, 1.82) is 0 Å². The van der Waals surface area contributed by atoms with Crippen LogP contribution in [0.1, 0.15) is 0 Å². The number of hydrogen-bond acceptors (Lipinski definition) is 4. The molecule has 0 aliphatic carbocycles. The molecule has 1 atom stereocenters. The van der Waals surface area contributed by atoms with Gasteiger partial charge in [0.05, 0.1) is 9.82 Å². The summed E-state index contributed by atoms with van der Waals surface area (Å²) in [6, 6.07) is 1.65. The number of halogens is 5. The quantitative estimate of drug-likeness (QED) is 0.480. The fourth-order valence-corrected chi connectivity index (χ4v) is 2.68. The molecule has 0 saturated heterocycles. The van der Waals surface area contributed by atoms with Crippen LogP contribution < -0.4 is 0 Å². The molecule has 19 heavy (non-hydrogen) atoms. The molecule has 106 valence electrons. The van der Waals surface area contributed by atoms with Crippen molar-refractivity contribution in [3.8, 4) is 0 Å². The van der Waals surface area contributed by atoms with Crippen LogP contribution in [0.15, 0.2) is 23.1 Å². The number of benzene rings is 1. The summed E-state index contributed by atoms with van der Waals surface area (Å²) < 4.78 is 61.6. The van der Waals surface area contributed by atoms with E-state index in [1.807, 2.05) is 0 Å². The zero-order valence-corrected chi connectivity index (χ0v) is 11.0. The van der Waals surface area contributed by atoms with Crippen molar-refractivity contribution in [2.45, 2.75) is 15.8 Å². The van der Waals surface area contributed by atoms with Crippen LogP contribution in [0.25, 0.3) is 0 Å². The van der Waals surface area contributed by atoms with Crippen LogP contribution in [0.4, 0.5) is 18.9 Å². The van der Waals surface area contributed by atoms with Gasteiger partial charge in [-0.25, -0.2) is 12.8 Å². The maximum Gasteiger partial charge on any atom is 0.393 e. The minimum Gasteiger partial charge on any atom is -0.258 e. The van der Waals surface area contributed by atoms with Gasteiger partial charge in [0, 0.05) is 6.07 Å². The van der Waals surface area contributed by atoms with E-state index in [-0.39, 0.29) is 0 Å². The Bertz CT molecular complexity index is 620. The summed E-state index contributed by atoms with van der Waals surface area (Å²) in [5.41, 5.74) is -4.39. The molecule has 0 saturated carbocycles. The number of nitrogens with zero attached hydrogens (tertiary/aromatic N) is 1. The van der Waals surface area contributed by atoms with Gasteiger partial charge >= 0.3 is 5.25 Å². The summed E-state index contributed by atoms with van der Waals surface area (Å²) in [5, 5.41) is 5.15. The van der Waals surface area contributed by atoms with Gasteiger partial charge in [-0.1, -0.05) is 23.2 Å². The molecular weight excluding hydrogens is 334 g/mol. The highest BCUT2D eigenvalue weighted by Crippen LogP contribution is 2.37. The van der Waals surface area contributed by atoms with Gasteiger partial charge in [0.2, 0.25) is 9.84 Å². The Kier molecular flexibility index (Phi) is 4.33. The van der Waals surface area contributed by atoms with E-state index in [9.17, 15) is 31.7 Å². The molecule has 0 radical (unpaired) electrons. The van der Waals surface area contributed by atoms with E-state index in [2.05, 4.69) is 11.6 Å². The third-order valence-corrected chi connectivity index (χ3v) is 4.56. The van der Waals surface area contributed by atoms with Crippen LogP contribution in [-0.4, -0.2) is 24.2 Å². The van der Waals surface area contributed by atoms with Crippen molar-refractivity contribution in [2.75, 3.05) is 0 Å². The highest BCUT2D eigenvalue weighted by molar-refractivity contribution is 7.92. The predicted molar refractivity (Wildman–Crippen MR) is 61.0 cm³/mol. The summed E-state index contributed by atoms with van der Waals surface area (Å²) in [5.74, 6) is 0. The molecule has 0 N–H and O–H groups in total. The molecule has 0 aliphatic heterocycles. The highest BCUT2D eigenvalue weighted by Gasteiger charge is 2.53. The molecule has 0 fully saturated rings. The van der Waals surface area contributed by atoms with Crippen LogP contribution in [0, 0.1) is 10.1 Å². The second kappa shape index (κ2) is 5.14. The number of nitro benzene ring substituents is 1. The fourth-order valence-electron chi connectivity index (χ4n) is 1.07. The first kappa shape index (κ1) is 16.0. The smallest absolute Gasteiger partial charge is 0.258 e. The molecule has 0 bridgehead atoms. The first-order valence-electron chi connectivity index (χ1n) is 4.36. The van der Waals surface area contributed by atoms with Crippen molar-refractivity contribution < 1.29 is 26.5 Å². The fraction of sp³-hybridized carbons (Fsp3) is 0.250. The molecule has 0 aromatic heterocycles. The van der Waals surface area contributed by atoms with Crippen molar-refractivity contribution in [3.63, 3.8) is 0 Å². The van der Waals surface area contributed by atoms with E-state index in [0.717, 1.165) is 6.07 Å². The minimum absolute atomic E-state index is 0.310. The maximum absolute atomic E-state index is 13.1. The lowest BCUT2D eigenvalue weighted by atomic mass is 10.3. The first-order chi connectivity index (χ1) is 8.51. The second-order valence-corrected chi connectivity index (χ2v) is 6.05. The Labute approximate surface area is 115 Å². The molecule has 0 spiro atoms. The lowest BCUT2D eigenvalue weighted by molar-refractivity contribution is -0.384. The average molecular weight is 338 g/mol. The summed E-state index contributed by atoms with van der Waals surface area (Å²) in [4.78, 5) is 8.31. The first-order valence-corrected chi connectivity index (χ1v) is 6.66. The van der Waals surface area contributed by atoms with Gasteiger partial charge in [0.15, 0.2) is 0 Å². The summed E-state index contributed by atoms with van der Waals surface area (Å²) in [6.07, 6.45) is 0. The number of hydrogen-bond donors (Lipinski definition) is 0. The van der Waals surface area contributed by atoms with Crippen LogP contribution in [-0.2, 0) is 9.84 Å². The van der Waals surface area contributed by atoms with E-state index < -0.39 is 41.3 Å². The third kappa shape index (κ3) is 2.77. The summed E-state index contributed by atoms with van der Waals surface area (Å²) >= 11 is 9.88. The van der Waals surface area contributed by atoms with Gasteiger partial charge in [-0.05, 0) is 12.1 Å². The summed E-state index contributed by atoms with van der Waals surface area (Å²) in [6.45, 7) is 0.